The Morgan fingerprint density at radius 3 is 2.23 bits per heavy atom. The molecule has 3 fully saturated rings. The number of halogens is 1. The van der Waals surface area contributed by atoms with Gasteiger partial charge in [-0.1, -0.05) is 44.7 Å². The van der Waals surface area contributed by atoms with Crippen molar-refractivity contribution in [3.63, 3.8) is 0 Å². The summed E-state index contributed by atoms with van der Waals surface area (Å²) in [6.07, 6.45) is 10.5. The van der Waals surface area contributed by atoms with E-state index in [1.165, 1.54) is 42.7 Å². The monoisotopic (exact) mass is 542 g/mol. The van der Waals surface area contributed by atoms with Gasteiger partial charge in [0, 0.05) is 20.0 Å². The first-order valence-corrected chi connectivity index (χ1v) is 15.1. The van der Waals surface area contributed by atoms with Gasteiger partial charge in [0.2, 0.25) is 17.7 Å². The van der Waals surface area contributed by atoms with Crippen LogP contribution in [-0.2, 0) is 20.8 Å². The number of nitrogens with one attached hydrogen (secondary N) is 3. The van der Waals surface area contributed by atoms with E-state index in [2.05, 4.69) is 22.9 Å². The van der Waals surface area contributed by atoms with Crippen molar-refractivity contribution >= 4 is 17.7 Å². The number of nitrogens with zero attached hydrogens (tertiary/aromatic N) is 1. The Morgan fingerprint density at radius 1 is 0.872 bits per heavy atom. The Kier molecular flexibility index (Phi) is 10.4. The Morgan fingerprint density at radius 2 is 1.54 bits per heavy atom. The maximum Gasteiger partial charge on any atom is 0.243 e. The van der Waals surface area contributed by atoms with E-state index in [9.17, 15) is 18.8 Å². The molecule has 0 radical (unpaired) electrons. The van der Waals surface area contributed by atoms with Crippen LogP contribution in [0.1, 0.15) is 77.2 Å². The first kappa shape index (κ1) is 29.5. The fraction of sp³-hybridized carbons (Fsp3) is 0.710. The van der Waals surface area contributed by atoms with Crippen molar-refractivity contribution in [2.75, 3.05) is 20.1 Å². The summed E-state index contributed by atoms with van der Waals surface area (Å²) >= 11 is 0. The smallest absolute Gasteiger partial charge is 0.243 e. The van der Waals surface area contributed by atoms with E-state index < -0.39 is 12.1 Å². The first-order valence-electron chi connectivity index (χ1n) is 15.1. The van der Waals surface area contributed by atoms with Crippen molar-refractivity contribution < 1.29 is 18.8 Å². The van der Waals surface area contributed by atoms with Crippen LogP contribution in [0.5, 0.6) is 0 Å². The lowest BCUT2D eigenvalue weighted by molar-refractivity contribution is -0.141. The molecule has 1 aromatic carbocycles. The average molecular weight is 543 g/mol. The van der Waals surface area contributed by atoms with Crippen molar-refractivity contribution in [3.05, 3.63) is 35.6 Å². The van der Waals surface area contributed by atoms with Crippen molar-refractivity contribution in [2.45, 2.75) is 96.2 Å². The van der Waals surface area contributed by atoms with Crippen LogP contribution in [0.2, 0.25) is 0 Å². The highest BCUT2D eigenvalue weighted by Crippen LogP contribution is 2.37. The van der Waals surface area contributed by atoms with Crippen LogP contribution in [0.3, 0.4) is 0 Å². The van der Waals surface area contributed by atoms with Crippen LogP contribution in [0, 0.1) is 29.5 Å². The molecule has 3 N–H and O–H groups in total. The van der Waals surface area contributed by atoms with Gasteiger partial charge in [0.25, 0.3) is 0 Å². The Bertz CT molecular complexity index is 983. The second-order valence-corrected chi connectivity index (χ2v) is 12.3. The molecule has 8 heteroatoms. The van der Waals surface area contributed by atoms with Gasteiger partial charge < -0.3 is 20.9 Å². The molecular weight excluding hydrogens is 495 g/mol. The molecule has 6 atom stereocenters. The molecule has 3 aliphatic rings. The number of rotatable bonds is 3. The molecule has 0 bridgehead atoms. The lowest BCUT2D eigenvalue weighted by Crippen LogP contribution is -2.57. The van der Waals surface area contributed by atoms with E-state index in [0.29, 0.717) is 30.2 Å². The number of carbonyl (C=O) groups is 3. The maximum atomic E-state index is 13.5. The molecule has 1 saturated heterocycles. The summed E-state index contributed by atoms with van der Waals surface area (Å²) < 4.78 is 13.5. The van der Waals surface area contributed by atoms with Crippen LogP contribution >= 0.6 is 0 Å². The Balaban J connectivity index is 1.52. The van der Waals surface area contributed by atoms with Gasteiger partial charge in [-0.15, -0.1) is 0 Å². The SMILES string of the molecule is C[C@@H]1CN[C@@H](C2CC2)C(=O)N(C)[C@H](C)C(=O)N[C@H](Cc2ccc(F)cc2)C(=O)NCCCC2CCCCC2C1. The highest BCUT2D eigenvalue weighted by Gasteiger charge is 2.40. The summed E-state index contributed by atoms with van der Waals surface area (Å²) in [6, 6.07) is 4.16. The van der Waals surface area contributed by atoms with Crippen molar-refractivity contribution in [3.8, 4) is 0 Å². The second kappa shape index (κ2) is 13.7. The van der Waals surface area contributed by atoms with E-state index in [1.54, 1.807) is 26.1 Å². The molecule has 1 aromatic rings. The van der Waals surface area contributed by atoms with Gasteiger partial charge in [0.05, 0.1) is 6.04 Å². The van der Waals surface area contributed by atoms with E-state index >= 15 is 0 Å². The molecular formula is C31H47FN4O3. The molecule has 0 aromatic heterocycles. The third-order valence-electron chi connectivity index (χ3n) is 9.16. The molecule has 2 unspecified atom stereocenters. The number of carbonyl (C=O) groups excluding carboxylic acids is 3. The molecule has 1 aliphatic heterocycles. The number of fused-ring (bicyclic) bond motifs is 1. The molecule has 7 nitrogen and oxygen atoms in total. The molecule has 39 heavy (non-hydrogen) atoms. The molecule has 1 heterocycles. The molecule has 3 amide bonds. The van der Waals surface area contributed by atoms with E-state index in [-0.39, 0.29) is 36.0 Å². The Hall–Kier alpha value is -2.48. The zero-order valence-electron chi connectivity index (χ0n) is 23.9. The molecule has 4 rings (SSSR count). The molecule has 2 saturated carbocycles. The van der Waals surface area contributed by atoms with Gasteiger partial charge in [0.15, 0.2) is 0 Å². The van der Waals surface area contributed by atoms with Gasteiger partial charge >= 0.3 is 0 Å². The van der Waals surface area contributed by atoms with Gasteiger partial charge in [-0.05, 0) is 86.9 Å². The maximum absolute atomic E-state index is 13.5. The van der Waals surface area contributed by atoms with Crippen LogP contribution < -0.4 is 16.0 Å². The number of likely N-dealkylation sites (N-methyl/N-ethyl adjacent to an activating group) is 1. The van der Waals surface area contributed by atoms with Crippen LogP contribution in [0.4, 0.5) is 4.39 Å². The second-order valence-electron chi connectivity index (χ2n) is 12.3. The normalized spacial score (nSPS) is 32.4. The minimum atomic E-state index is -0.812. The number of benzene rings is 1. The first-order chi connectivity index (χ1) is 18.7. The average Bonchev–Trinajstić information content (AvgIpc) is 3.76. The third-order valence-corrected chi connectivity index (χ3v) is 9.16. The van der Waals surface area contributed by atoms with Crippen LogP contribution in [0.25, 0.3) is 0 Å². The van der Waals surface area contributed by atoms with Crippen molar-refractivity contribution in [1.29, 1.82) is 0 Å². The van der Waals surface area contributed by atoms with Gasteiger partial charge in [-0.3, -0.25) is 14.4 Å². The quantitative estimate of drug-likeness (QED) is 0.542. The summed E-state index contributed by atoms with van der Waals surface area (Å²) in [4.78, 5) is 41.6. The molecule has 216 valence electrons. The largest absolute Gasteiger partial charge is 0.354 e. The van der Waals surface area contributed by atoms with Gasteiger partial charge in [0.1, 0.15) is 17.9 Å². The molecule has 2 aliphatic carbocycles. The number of amides is 3. The van der Waals surface area contributed by atoms with Crippen LogP contribution in [-0.4, -0.2) is 60.9 Å². The van der Waals surface area contributed by atoms with E-state index in [0.717, 1.165) is 44.2 Å². The topological polar surface area (TPSA) is 90.5 Å². The predicted octanol–water partition coefficient (Wildman–Crippen LogP) is 3.81. The lowest BCUT2D eigenvalue weighted by Gasteiger charge is -2.34. The highest BCUT2D eigenvalue weighted by atomic mass is 19.1. The van der Waals surface area contributed by atoms with E-state index in [1.807, 2.05) is 0 Å². The minimum absolute atomic E-state index is 0.0662. The number of hydrogen-bond acceptors (Lipinski definition) is 4. The summed E-state index contributed by atoms with van der Waals surface area (Å²) in [5.74, 6) is 1.11. The summed E-state index contributed by atoms with van der Waals surface area (Å²) in [5.41, 5.74) is 0.758. The zero-order valence-corrected chi connectivity index (χ0v) is 23.9. The lowest BCUT2D eigenvalue weighted by atomic mass is 9.73. The number of hydrogen-bond donors (Lipinski definition) is 3. The van der Waals surface area contributed by atoms with Crippen molar-refractivity contribution in [2.24, 2.45) is 23.7 Å². The minimum Gasteiger partial charge on any atom is -0.354 e. The standard InChI is InChI=1S/C31H47FN4O3/c1-20-17-25-8-5-4-7-23(25)9-6-16-33-30(38)27(18-22-10-14-26(32)15-11-22)35-29(37)21(2)36(3)31(39)28(34-19-20)24-12-13-24/h10-11,14-15,20-21,23-25,27-28,34H,4-9,12-13,16-19H2,1-3H3,(H,33,38)(H,35,37)/t20-,21+,23?,25?,27+,28-/m0/s1. The van der Waals surface area contributed by atoms with E-state index in [4.69, 9.17) is 0 Å². The summed E-state index contributed by atoms with van der Waals surface area (Å²) in [6.45, 7) is 5.35. The predicted molar refractivity (Wildman–Crippen MR) is 150 cm³/mol. The third kappa shape index (κ3) is 8.26. The summed E-state index contributed by atoms with van der Waals surface area (Å²) in [7, 11) is 1.67. The summed E-state index contributed by atoms with van der Waals surface area (Å²) in [5, 5.41) is 9.51. The van der Waals surface area contributed by atoms with Gasteiger partial charge in [-0.25, -0.2) is 4.39 Å². The van der Waals surface area contributed by atoms with Gasteiger partial charge in [-0.2, -0.15) is 0 Å². The fourth-order valence-electron chi connectivity index (χ4n) is 6.43. The highest BCUT2D eigenvalue weighted by molar-refractivity contribution is 5.93. The molecule has 0 spiro atoms. The zero-order chi connectivity index (χ0) is 27.9. The van der Waals surface area contributed by atoms with Crippen LogP contribution in [0.15, 0.2) is 24.3 Å². The Labute approximate surface area is 233 Å². The fourth-order valence-corrected chi connectivity index (χ4v) is 6.43. The van der Waals surface area contributed by atoms with Crippen molar-refractivity contribution in [1.82, 2.24) is 20.9 Å².